The zero-order valence-corrected chi connectivity index (χ0v) is 15.0. The monoisotopic (exact) mass is 361 g/mol. The number of carbonyl (C=O) groups excluding carboxylic acids is 3. The van der Waals surface area contributed by atoms with Crippen LogP contribution in [-0.2, 0) is 9.59 Å². The molecular formula is C19H24FN3O3. The van der Waals surface area contributed by atoms with E-state index in [9.17, 15) is 18.8 Å². The number of benzene rings is 1. The van der Waals surface area contributed by atoms with Gasteiger partial charge in [0.1, 0.15) is 5.82 Å². The standard InChI is InChI=1S/C19H24FN3O3/c1-2-21-11-12-23(18(25)17(21)24)19(26)22-10-4-3-5-15(13-22)14-6-8-16(20)9-7-14/h6-9,15H,2-5,10-13H2,1H3/t15-/m0/s1. The van der Waals surface area contributed by atoms with Crippen molar-refractivity contribution in [1.29, 1.82) is 0 Å². The van der Waals surface area contributed by atoms with Crippen molar-refractivity contribution in [1.82, 2.24) is 14.7 Å². The maximum absolute atomic E-state index is 13.2. The molecule has 2 saturated heterocycles. The lowest BCUT2D eigenvalue weighted by molar-refractivity contribution is -0.153. The van der Waals surface area contributed by atoms with Crippen LogP contribution in [0.5, 0.6) is 0 Å². The number of urea groups is 1. The van der Waals surface area contributed by atoms with E-state index in [4.69, 9.17) is 0 Å². The van der Waals surface area contributed by atoms with Gasteiger partial charge >= 0.3 is 17.8 Å². The molecule has 0 spiro atoms. The smallest absolute Gasteiger partial charge is 0.327 e. The molecular weight excluding hydrogens is 337 g/mol. The van der Waals surface area contributed by atoms with Gasteiger partial charge in [-0.25, -0.2) is 9.18 Å². The average molecular weight is 361 g/mol. The van der Waals surface area contributed by atoms with Crippen molar-refractivity contribution < 1.29 is 18.8 Å². The van der Waals surface area contributed by atoms with Crippen LogP contribution in [0.4, 0.5) is 9.18 Å². The number of piperazine rings is 1. The lowest BCUT2D eigenvalue weighted by Crippen LogP contribution is -2.59. The van der Waals surface area contributed by atoms with E-state index in [-0.39, 0.29) is 18.3 Å². The molecule has 2 aliphatic rings. The molecule has 1 aromatic rings. The molecule has 1 atom stereocenters. The van der Waals surface area contributed by atoms with Gasteiger partial charge in [0, 0.05) is 38.6 Å². The maximum Gasteiger partial charge on any atom is 0.327 e. The van der Waals surface area contributed by atoms with Crippen LogP contribution in [0.1, 0.15) is 37.7 Å². The zero-order chi connectivity index (χ0) is 18.7. The molecule has 140 valence electrons. The normalized spacial score (nSPS) is 21.8. The minimum atomic E-state index is -0.745. The van der Waals surface area contributed by atoms with Crippen LogP contribution in [0.15, 0.2) is 24.3 Å². The van der Waals surface area contributed by atoms with Crippen LogP contribution in [0.25, 0.3) is 0 Å². The molecule has 1 aromatic carbocycles. The minimum absolute atomic E-state index is 0.102. The Bertz CT molecular complexity index is 692. The lowest BCUT2D eigenvalue weighted by Gasteiger charge is -2.35. The number of likely N-dealkylation sites (tertiary alicyclic amines) is 1. The summed E-state index contributed by atoms with van der Waals surface area (Å²) in [5.41, 5.74) is 0.990. The van der Waals surface area contributed by atoms with Crippen LogP contribution < -0.4 is 0 Å². The Hall–Kier alpha value is -2.44. The maximum atomic E-state index is 13.2. The first-order valence-electron chi connectivity index (χ1n) is 9.16. The van der Waals surface area contributed by atoms with Crippen molar-refractivity contribution in [2.45, 2.75) is 32.1 Å². The molecule has 0 N–H and O–H groups in total. The second-order valence-electron chi connectivity index (χ2n) is 6.81. The number of imide groups is 1. The molecule has 2 heterocycles. The summed E-state index contributed by atoms with van der Waals surface area (Å²) >= 11 is 0. The molecule has 6 nitrogen and oxygen atoms in total. The number of hydrogen-bond donors (Lipinski definition) is 0. The summed E-state index contributed by atoms with van der Waals surface area (Å²) in [6.45, 7) is 3.91. The Balaban J connectivity index is 1.73. The lowest BCUT2D eigenvalue weighted by atomic mass is 9.94. The average Bonchev–Trinajstić information content (AvgIpc) is 2.90. The molecule has 2 aliphatic heterocycles. The molecule has 0 bridgehead atoms. The van der Waals surface area contributed by atoms with Crippen molar-refractivity contribution in [2.24, 2.45) is 0 Å². The number of nitrogens with zero attached hydrogens (tertiary/aromatic N) is 3. The Kier molecular flexibility index (Phi) is 5.54. The number of amides is 4. The van der Waals surface area contributed by atoms with Crippen LogP contribution >= 0.6 is 0 Å². The summed E-state index contributed by atoms with van der Waals surface area (Å²) in [6, 6.07) is 5.97. The third-order valence-corrected chi connectivity index (χ3v) is 5.20. The molecule has 2 fully saturated rings. The number of hydrogen-bond acceptors (Lipinski definition) is 3. The first kappa shape index (κ1) is 18.4. The molecule has 7 heteroatoms. The molecule has 0 aromatic heterocycles. The summed E-state index contributed by atoms with van der Waals surface area (Å²) < 4.78 is 13.2. The summed E-state index contributed by atoms with van der Waals surface area (Å²) in [4.78, 5) is 41.4. The van der Waals surface area contributed by atoms with Gasteiger partial charge in [-0.15, -0.1) is 0 Å². The number of carbonyl (C=O) groups is 3. The predicted molar refractivity (Wildman–Crippen MR) is 93.9 cm³/mol. The van der Waals surface area contributed by atoms with Gasteiger partial charge in [0.2, 0.25) is 0 Å². The van der Waals surface area contributed by atoms with E-state index >= 15 is 0 Å². The van der Waals surface area contributed by atoms with Crippen molar-refractivity contribution in [3.05, 3.63) is 35.6 Å². The van der Waals surface area contributed by atoms with Crippen molar-refractivity contribution in [2.75, 3.05) is 32.7 Å². The SMILES string of the molecule is CCN1CCN(C(=O)N2CCCC[C@H](c3ccc(F)cc3)C2)C(=O)C1=O. The molecule has 26 heavy (non-hydrogen) atoms. The van der Waals surface area contributed by atoms with Gasteiger partial charge < -0.3 is 9.80 Å². The fraction of sp³-hybridized carbons (Fsp3) is 0.526. The summed E-state index contributed by atoms with van der Waals surface area (Å²) in [5.74, 6) is -1.54. The Morgan fingerprint density at radius 3 is 2.50 bits per heavy atom. The highest BCUT2D eigenvalue weighted by Gasteiger charge is 2.38. The number of rotatable bonds is 2. The molecule has 3 rings (SSSR count). The zero-order valence-electron chi connectivity index (χ0n) is 15.0. The van der Waals surface area contributed by atoms with E-state index < -0.39 is 17.8 Å². The molecule has 0 unspecified atom stereocenters. The van der Waals surface area contributed by atoms with Gasteiger partial charge in [0.25, 0.3) is 0 Å². The Morgan fingerprint density at radius 1 is 1.08 bits per heavy atom. The third-order valence-electron chi connectivity index (χ3n) is 5.20. The van der Waals surface area contributed by atoms with Crippen molar-refractivity contribution >= 4 is 17.8 Å². The summed E-state index contributed by atoms with van der Waals surface area (Å²) in [7, 11) is 0. The first-order chi connectivity index (χ1) is 12.5. The summed E-state index contributed by atoms with van der Waals surface area (Å²) in [6.07, 6.45) is 2.72. The van der Waals surface area contributed by atoms with E-state index in [1.807, 2.05) is 6.92 Å². The second kappa shape index (κ2) is 7.85. The highest BCUT2D eigenvalue weighted by atomic mass is 19.1. The minimum Gasteiger partial charge on any atom is -0.333 e. The quantitative estimate of drug-likeness (QED) is 0.759. The van der Waals surface area contributed by atoms with E-state index in [1.54, 1.807) is 17.0 Å². The molecule has 0 saturated carbocycles. The van der Waals surface area contributed by atoms with E-state index in [1.165, 1.54) is 17.0 Å². The molecule has 0 radical (unpaired) electrons. The third kappa shape index (κ3) is 3.71. The number of halogens is 1. The van der Waals surface area contributed by atoms with E-state index in [0.29, 0.717) is 26.2 Å². The van der Waals surface area contributed by atoms with Crippen LogP contribution in [-0.4, -0.2) is 65.3 Å². The van der Waals surface area contributed by atoms with Crippen molar-refractivity contribution in [3.63, 3.8) is 0 Å². The molecule has 0 aliphatic carbocycles. The van der Waals surface area contributed by atoms with Gasteiger partial charge in [0.05, 0.1) is 0 Å². The highest BCUT2D eigenvalue weighted by molar-refractivity contribution is 6.38. The van der Waals surface area contributed by atoms with Gasteiger partial charge in [-0.05, 0) is 37.5 Å². The summed E-state index contributed by atoms with van der Waals surface area (Å²) in [5, 5.41) is 0. The van der Waals surface area contributed by atoms with Crippen molar-refractivity contribution in [3.8, 4) is 0 Å². The van der Waals surface area contributed by atoms with E-state index in [2.05, 4.69) is 0 Å². The highest BCUT2D eigenvalue weighted by Crippen LogP contribution is 2.27. The fourth-order valence-corrected chi connectivity index (χ4v) is 3.65. The molecule has 4 amide bonds. The van der Waals surface area contributed by atoms with Gasteiger partial charge in [-0.2, -0.15) is 0 Å². The van der Waals surface area contributed by atoms with Gasteiger partial charge in [-0.3, -0.25) is 14.5 Å². The number of likely N-dealkylation sites (N-methyl/N-ethyl adjacent to an activating group) is 1. The predicted octanol–water partition coefficient (Wildman–Crippen LogP) is 2.21. The largest absolute Gasteiger partial charge is 0.333 e. The fourth-order valence-electron chi connectivity index (χ4n) is 3.65. The van der Waals surface area contributed by atoms with Crippen LogP contribution in [0.3, 0.4) is 0 Å². The Morgan fingerprint density at radius 2 is 1.81 bits per heavy atom. The first-order valence-corrected chi connectivity index (χ1v) is 9.16. The van der Waals surface area contributed by atoms with Gasteiger partial charge in [0.15, 0.2) is 0 Å². The van der Waals surface area contributed by atoms with Crippen LogP contribution in [0.2, 0.25) is 0 Å². The van der Waals surface area contributed by atoms with Gasteiger partial charge in [-0.1, -0.05) is 18.6 Å². The van der Waals surface area contributed by atoms with Crippen LogP contribution in [0, 0.1) is 5.82 Å². The second-order valence-corrected chi connectivity index (χ2v) is 6.81. The van der Waals surface area contributed by atoms with E-state index in [0.717, 1.165) is 29.7 Å². The topological polar surface area (TPSA) is 60.9 Å². The Labute approximate surface area is 152 Å².